The maximum Gasteiger partial charge on any atom is 0.328 e. The maximum atomic E-state index is 14.2. The van der Waals surface area contributed by atoms with Crippen molar-refractivity contribution >= 4 is 11.9 Å². The zero-order valence-electron chi connectivity index (χ0n) is 15.0. The molecule has 1 unspecified atom stereocenters. The summed E-state index contributed by atoms with van der Waals surface area (Å²) in [5.74, 6) is -3.67. The van der Waals surface area contributed by atoms with Gasteiger partial charge < -0.3 is 19.1 Å². The second-order valence-corrected chi connectivity index (χ2v) is 6.24. The number of esters is 1. The fourth-order valence-electron chi connectivity index (χ4n) is 2.67. The number of rotatable bonds is 7. The molecule has 1 atom stereocenters. The van der Waals surface area contributed by atoms with Crippen LogP contribution in [-0.2, 0) is 14.3 Å². The van der Waals surface area contributed by atoms with Crippen LogP contribution in [0, 0.1) is 17.6 Å². The van der Waals surface area contributed by atoms with Crippen LogP contribution in [-0.4, -0.2) is 43.6 Å². The summed E-state index contributed by atoms with van der Waals surface area (Å²) in [4.78, 5) is 25.5. The number of amides is 1. The van der Waals surface area contributed by atoms with E-state index >= 15 is 0 Å². The molecule has 0 saturated heterocycles. The molecule has 1 heterocycles. The van der Waals surface area contributed by atoms with Gasteiger partial charge in [0.1, 0.15) is 11.8 Å². The van der Waals surface area contributed by atoms with Gasteiger partial charge in [-0.2, -0.15) is 4.39 Å². The van der Waals surface area contributed by atoms with Gasteiger partial charge in [-0.1, -0.05) is 13.8 Å². The van der Waals surface area contributed by atoms with E-state index < -0.39 is 35.3 Å². The smallest absolute Gasteiger partial charge is 0.328 e. The predicted molar refractivity (Wildman–Crippen MR) is 88.6 cm³/mol. The summed E-state index contributed by atoms with van der Waals surface area (Å²) in [5.41, 5.74) is 0. The highest BCUT2D eigenvalue weighted by molar-refractivity contribution is 5.94. The van der Waals surface area contributed by atoms with Crippen LogP contribution in [0.25, 0.3) is 0 Å². The van der Waals surface area contributed by atoms with Gasteiger partial charge in [-0.25, -0.2) is 9.18 Å². The Labute approximate surface area is 150 Å². The summed E-state index contributed by atoms with van der Waals surface area (Å²) in [5, 5.41) is 0. The SMILES string of the molecule is COC(=O)C(CC(C)C)N1CC(Oc2c(F)ccc(OC)c2F)=CC1=O. The van der Waals surface area contributed by atoms with E-state index in [1.165, 1.54) is 19.1 Å². The largest absolute Gasteiger partial charge is 0.494 e. The molecule has 26 heavy (non-hydrogen) atoms. The third kappa shape index (κ3) is 4.12. The number of carbonyl (C=O) groups excluding carboxylic acids is 2. The van der Waals surface area contributed by atoms with Gasteiger partial charge in [-0.05, 0) is 24.5 Å². The minimum absolute atomic E-state index is 0.0266. The normalized spacial score (nSPS) is 15.1. The topological polar surface area (TPSA) is 65.1 Å². The molecule has 0 saturated carbocycles. The molecule has 1 aliphatic heterocycles. The van der Waals surface area contributed by atoms with Crippen LogP contribution in [0.3, 0.4) is 0 Å². The van der Waals surface area contributed by atoms with Gasteiger partial charge in [0.15, 0.2) is 11.6 Å². The minimum atomic E-state index is -1.01. The van der Waals surface area contributed by atoms with Gasteiger partial charge in [0.25, 0.3) is 5.91 Å². The van der Waals surface area contributed by atoms with E-state index in [0.717, 1.165) is 18.2 Å². The number of carbonyl (C=O) groups is 2. The fourth-order valence-corrected chi connectivity index (χ4v) is 2.67. The summed E-state index contributed by atoms with van der Waals surface area (Å²) < 4.78 is 42.9. The van der Waals surface area contributed by atoms with Crippen molar-refractivity contribution in [1.82, 2.24) is 4.90 Å². The summed E-state index contributed by atoms with van der Waals surface area (Å²) >= 11 is 0. The molecule has 6 nitrogen and oxygen atoms in total. The molecule has 8 heteroatoms. The Balaban J connectivity index is 2.21. The number of ether oxygens (including phenoxy) is 3. The Morgan fingerprint density at radius 3 is 2.54 bits per heavy atom. The van der Waals surface area contributed by atoms with Crippen molar-refractivity contribution in [2.45, 2.75) is 26.3 Å². The first kappa shape index (κ1) is 19.7. The van der Waals surface area contributed by atoms with E-state index in [-0.39, 0.29) is 24.0 Å². The van der Waals surface area contributed by atoms with E-state index in [0.29, 0.717) is 6.42 Å². The predicted octanol–water partition coefficient (Wildman–Crippen LogP) is 2.67. The molecule has 1 aromatic rings. The Hall–Kier alpha value is -2.64. The average Bonchev–Trinajstić information content (AvgIpc) is 2.96. The molecule has 1 amide bonds. The van der Waals surface area contributed by atoms with Crippen LogP contribution in [0.5, 0.6) is 11.5 Å². The number of hydrogen-bond donors (Lipinski definition) is 0. The van der Waals surface area contributed by atoms with Crippen LogP contribution in [0.2, 0.25) is 0 Å². The van der Waals surface area contributed by atoms with E-state index in [9.17, 15) is 18.4 Å². The van der Waals surface area contributed by atoms with Crippen molar-refractivity contribution in [2.75, 3.05) is 20.8 Å². The van der Waals surface area contributed by atoms with Crippen molar-refractivity contribution in [3.05, 3.63) is 35.6 Å². The van der Waals surface area contributed by atoms with E-state index in [4.69, 9.17) is 14.2 Å². The van der Waals surface area contributed by atoms with Crippen LogP contribution >= 0.6 is 0 Å². The highest BCUT2D eigenvalue weighted by Gasteiger charge is 2.35. The molecule has 1 aromatic carbocycles. The Morgan fingerprint density at radius 2 is 1.96 bits per heavy atom. The van der Waals surface area contributed by atoms with Crippen molar-refractivity contribution in [3.63, 3.8) is 0 Å². The highest BCUT2D eigenvalue weighted by Crippen LogP contribution is 2.32. The minimum Gasteiger partial charge on any atom is -0.494 e. The molecule has 0 N–H and O–H groups in total. The molecule has 0 bridgehead atoms. The molecular formula is C18H21F2NO5. The highest BCUT2D eigenvalue weighted by atomic mass is 19.1. The van der Waals surface area contributed by atoms with Crippen LogP contribution in [0.15, 0.2) is 24.0 Å². The summed E-state index contributed by atoms with van der Waals surface area (Å²) in [6.45, 7) is 3.71. The molecule has 0 fully saturated rings. The molecule has 0 radical (unpaired) electrons. The lowest BCUT2D eigenvalue weighted by atomic mass is 10.0. The number of methoxy groups -OCH3 is 2. The van der Waals surface area contributed by atoms with Gasteiger partial charge in [-0.3, -0.25) is 4.79 Å². The Bertz CT molecular complexity index is 733. The first-order chi connectivity index (χ1) is 12.3. The lowest BCUT2D eigenvalue weighted by Gasteiger charge is -2.27. The lowest BCUT2D eigenvalue weighted by molar-refractivity contribution is -0.151. The van der Waals surface area contributed by atoms with Gasteiger partial charge in [-0.15, -0.1) is 0 Å². The Kier molecular flexibility index (Phi) is 6.18. The molecule has 2 rings (SSSR count). The number of hydrogen-bond acceptors (Lipinski definition) is 5. The molecule has 0 aromatic heterocycles. The van der Waals surface area contributed by atoms with Crippen molar-refractivity contribution in [2.24, 2.45) is 5.92 Å². The van der Waals surface area contributed by atoms with Crippen LogP contribution in [0.4, 0.5) is 8.78 Å². The third-order valence-electron chi connectivity index (χ3n) is 3.90. The molecular weight excluding hydrogens is 348 g/mol. The van der Waals surface area contributed by atoms with Crippen LogP contribution < -0.4 is 9.47 Å². The Morgan fingerprint density at radius 1 is 1.27 bits per heavy atom. The quantitative estimate of drug-likeness (QED) is 0.692. The summed E-state index contributed by atoms with van der Waals surface area (Å²) in [6, 6.07) is 1.33. The van der Waals surface area contributed by atoms with Gasteiger partial charge in [0.05, 0.1) is 20.8 Å². The van der Waals surface area contributed by atoms with Crippen molar-refractivity contribution in [3.8, 4) is 11.5 Å². The zero-order valence-corrected chi connectivity index (χ0v) is 15.0. The second-order valence-electron chi connectivity index (χ2n) is 6.24. The van der Waals surface area contributed by atoms with Crippen molar-refractivity contribution in [1.29, 1.82) is 0 Å². The van der Waals surface area contributed by atoms with Crippen LogP contribution in [0.1, 0.15) is 20.3 Å². The number of nitrogens with zero attached hydrogens (tertiary/aromatic N) is 1. The summed E-state index contributed by atoms with van der Waals surface area (Å²) in [7, 11) is 2.48. The third-order valence-corrected chi connectivity index (χ3v) is 3.90. The van der Waals surface area contributed by atoms with E-state index in [1.54, 1.807) is 0 Å². The zero-order chi connectivity index (χ0) is 19.4. The lowest BCUT2D eigenvalue weighted by Crippen LogP contribution is -2.44. The first-order valence-corrected chi connectivity index (χ1v) is 8.07. The monoisotopic (exact) mass is 369 g/mol. The second kappa shape index (κ2) is 8.16. The molecule has 1 aliphatic rings. The van der Waals surface area contributed by atoms with E-state index in [2.05, 4.69) is 0 Å². The first-order valence-electron chi connectivity index (χ1n) is 8.07. The van der Waals surface area contributed by atoms with Gasteiger partial charge >= 0.3 is 5.97 Å². The molecule has 0 aliphatic carbocycles. The summed E-state index contributed by atoms with van der Waals surface area (Å²) in [6.07, 6.45) is 1.50. The molecule has 0 spiro atoms. The molecule has 142 valence electrons. The van der Waals surface area contributed by atoms with Gasteiger partial charge in [0.2, 0.25) is 11.6 Å². The standard InChI is InChI=1S/C18H21F2NO5/c1-10(2)7-13(18(23)25-4)21-9-11(8-15(21)22)26-17-12(19)5-6-14(24-3)16(17)20/h5-6,8,10,13H,7,9H2,1-4H3. The number of halogens is 2. The fraction of sp³-hybridized carbons (Fsp3) is 0.444. The van der Waals surface area contributed by atoms with Crippen molar-refractivity contribution < 1.29 is 32.6 Å². The maximum absolute atomic E-state index is 14.2. The van der Waals surface area contributed by atoms with Gasteiger partial charge in [0, 0.05) is 6.08 Å². The van der Waals surface area contributed by atoms with E-state index in [1.807, 2.05) is 13.8 Å². The average molecular weight is 369 g/mol. The number of benzene rings is 1.